The number of aryl methyl sites for hydroxylation is 3. The van der Waals surface area contributed by atoms with E-state index >= 15 is 0 Å². The van der Waals surface area contributed by atoms with E-state index < -0.39 is 15.4 Å². The van der Waals surface area contributed by atoms with Crippen molar-refractivity contribution in [3.8, 4) is 0 Å². The summed E-state index contributed by atoms with van der Waals surface area (Å²) in [6.07, 6.45) is 3.30. The molecule has 0 aliphatic carbocycles. The van der Waals surface area contributed by atoms with Crippen LogP contribution in [0.15, 0.2) is 76.7 Å². The third kappa shape index (κ3) is 3.31. The van der Waals surface area contributed by atoms with Crippen LogP contribution >= 0.6 is 0 Å². The molecule has 0 saturated carbocycles. The predicted molar refractivity (Wildman–Crippen MR) is 124 cm³/mol. The molecular formula is C25H26N2O3S. The maximum absolute atomic E-state index is 13.5. The monoisotopic (exact) mass is 434 g/mol. The van der Waals surface area contributed by atoms with Crippen LogP contribution in [-0.2, 0) is 22.5 Å². The molecular weight excluding hydrogens is 408 g/mol. The fourth-order valence-corrected chi connectivity index (χ4v) is 5.68. The van der Waals surface area contributed by atoms with Gasteiger partial charge in [0.2, 0.25) is 0 Å². The second kappa shape index (κ2) is 7.24. The first kappa shape index (κ1) is 21.1. The Morgan fingerprint density at radius 3 is 2.19 bits per heavy atom. The zero-order valence-electron chi connectivity index (χ0n) is 18.4. The highest BCUT2D eigenvalue weighted by atomic mass is 32.2. The van der Waals surface area contributed by atoms with E-state index in [0.29, 0.717) is 10.9 Å². The number of pyridine rings is 1. The van der Waals surface area contributed by atoms with Gasteiger partial charge in [0.05, 0.1) is 4.90 Å². The molecule has 31 heavy (non-hydrogen) atoms. The average molecular weight is 435 g/mol. The van der Waals surface area contributed by atoms with Gasteiger partial charge < -0.3 is 4.57 Å². The smallest absolute Gasteiger partial charge is 0.275 e. The SMILES string of the molecule is Cc1ccc(C(C)(C)c2cn(C)c(=O)c3c2ccn3S(=O)(=O)c2ccccc2C)cc1. The van der Waals surface area contributed by atoms with Crippen LogP contribution in [0.2, 0.25) is 0 Å². The minimum absolute atomic E-state index is 0.170. The van der Waals surface area contributed by atoms with Crippen molar-refractivity contribution in [2.75, 3.05) is 0 Å². The van der Waals surface area contributed by atoms with Gasteiger partial charge in [-0.3, -0.25) is 4.79 Å². The molecule has 0 unspecified atom stereocenters. The van der Waals surface area contributed by atoms with Crippen LogP contribution in [0, 0.1) is 13.8 Å². The number of aromatic nitrogens is 2. The topological polar surface area (TPSA) is 61.1 Å². The minimum Gasteiger partial charge on any atom is -0.316 e. The lowest BCUT2D eigenvalue weighted by Gasteiger charge is -2.27. The second-order valence-corrected chi connectivity index (χ2v) is 10.4. The first-order valence-electron chi connectivity index (χ1n) is 10.1. The van der Waals surface area contributed by atoms with Crippen LogP contribution in [0.25, 0.3) is 10.9 Å². The van der Waals surface area contributed by atoms with E-state index in [2.05, 4.69) is 38.1 Å². The van der Waals surface area contributed by atoms with Crippen LogP contribution in [0.3, 0.4) is 0 Å². The average Bonchev–Trinajstić information content (AvgIpc) is 3.17. The zero-order chi connectivity index (χ0) is 22.6. The Kier molecular flexibility index (Phi) is 4.93. The Labute approximate surface area is 182 Å². The molecule has 4 rings (SSSR count). The van der Waals surface area contributed by atoms with E-state index in [4.69, 9.17) is 0 Å². The molecule has 0 spiro atoms. The summed E-state index contributed by atoms with van der Waals surface area (Å²) in [5.41, 5.74) is 3.18. The molecule has 0 amide bonds. The van der Waals surface area contributed by atoms with Crippen LogP contribution in [-0.4, -0.2) is 17.0 Å². The lowest BCUT2D eigenvalue weighted by Crippen LogP contribution is -2.27. The van der Waals surface area contributed by atoms with Crippen molar-refractivity contribution in [1.82, 2.24) is 8.54 Å². The molecule has 0 saturated heterocycles. The summed E-state index contributed by atoms with van der Waals surface area (Å²) >= 11 is 0. The number of benzene rings is 2. The maximum Gasteiger partial charge on any atom is 0.275 e. The van der Waals surface area contributed by atoms with Crippen molar-refractivity contribution >= 4 is 20.9 Å². The molecule has 0 fully saturated rings. The third-order valence-corrected chi connectivity index (χ3v) is 7.90. The van der Waals surface area contributed by atoms with E-state index in [1.54, 1.807) is 44.3 Å². The van der Waals surface area contributed by atoms with Crippen molar-refractivity contribution in [2.24, 2.45) is 7.05 Å². The van der Waals surface area contributed by atoms with Gasteiger partial charge in [0.25, 0.3) is 15.6 Å². The molecule has 0 N–H and O–H groups in total. The fourth-order valence-electron chi connectivity index (χ4n) is 4.11. The summed E-state index contributed by atoms with van der Waals surface area (Å²) in [7, 11) is -2.26. The van der Waals surface area contributed by atoms with Crippen molar-refractivity contribution in [2.45, 2.75) is 38.0 Å². The summed E-state index contributed by atoms with van der Waals surface area (Å²) < 4.78 is 29.5. The van der Waals surface area contributed by atoms with Gasteiger partial charge in [-0.2, -0.15) is 0 Å². The molecule has 2 aromatic heterocycles. The first-order valence-corrected chi connectivity index (χ1v) is 11.6. The second-order valence-electron chi connectivity index (χ2n) is 8.59. The number of hydrogen-bond acceptors (Lipinski definition) is 3. The van der Waals surface area contributed by atoms with Crippen molar-refractivity contribution in [1.29, 1.82) is 0 Å². The molecule has 160 valence electrons. The first-order chi connectivity index (χ1) is 14.5. The molecule has 4 aromatic rings. The molecule has 0 radical (unpaired) electrons. The Morgan fingerprint density at radius 1 is 0.903 bits per heavy atom. The molecule has 2 heterocycles. The summed E-state index contributed by atoms with van der Waals surface area (Å²) in [6, 6.07) is 16.8. The van der Waals surface area contributed by atoms with E-state index in [1.165, 1.54) is 16.3 Å². The summed E-state index contributed by atoms with van der Waals surface area (Å²) in [6.45, 7) is 7.97. The van der Waals surface area contributed by atoms with E-state index in [9.17, 15) is 13.2 Å². The largest absolute Gasteiger partial charge is 0.316 e. The van der Waals surface area contributed by atoms with Gasteiger partial charge in [-0.25, -0.2) is 12.4 Å². The highest BCUT2D eigenvalue weighted by Crippen LogP contribution is 2.36. The fraction of sp³-hybridized carbons (Fsp3) is 0.240. The predicted octanol–water partition coefficient (Wildman–Crippen LogP) is 4.52. The summed E-state index contributed by atoms with van der Waals surface area (Å²) in [5, 5.41) is 0.644. The number of nitrogens with zero attached hydrogens (tertiary/aromatic N) is 2. The standard InChI is InChI=1S/C25H26N2O3S/c1-17-10-12-19(13-11-17)25(3,4)21-16-26(5)24(28)23-20(21)14-15-27(23)31(29,30)22-9-7-6-8-18(22)2/h6-16H,1-5H3. The highest BCUT2D eigenvalue weighted by Gasteiger charge is 2.30. The van der Waals surface area contributed by atoms with E-state index in [1.807, 2.05) is 13.1 Å². The molecule has 0 aliphatic heterocycles. The van der Waals surface area contributed by atoms with E-state index in [-0.39, 0.29) is 16.0 Å². The van der Waals surface area contributed by atoms with Gasteiger partial charge >= 0.3 is 0 Å². The van der Waals surface area contributed by atoms with Crippen LogP contribution in [0.1, 0.15) is 36.1 Å². The van der Waals surface area contributed by atoms with Crippen molar-refractivity contribution in [3.05, 3.63) is 99.6 Å². The third-order valence-electron chi connectivity index (χ3n) is 6.06. The van der Waals surface area contributed by atoms with Crippen LogP contribution in [0.5, 0.6) is 0 Å². The Bertz CT molecular complexity index is 1460. The van der Waals surface area contributed by atoms with E-state index in [0.717, 1.165) is 15.1 Å². The Morgan fingerprint density at radius 2 is 1.55 bits per heavy atom. The number of fused-ring (bicyclic) bond motifs is 1. The number of hydrogen-bond donors (Lipinski definition) is 0. The van der Waals surface area contributed by atoms with Gasteiger partial charge in [-0.15, -0.1) is 0 Å². The van der Waals surface area contributed by atoms with Crippen LogP contribution in [0.4, 0.5) is 0 Å². The van der Waals surface area contributed by atoms with Gasteiger partial charge in [0.15, 0.2) is 0 Å². The normalized spacial score (nSPS) is 12.4. The van der Waals surface area contributed by atoms with Crippen LogP contribution < -0.4 is 5.56 Å². The van der Waals surface area contributed by atoms with Gasteiger partial charge in [-0.1, -0.05) is 61.9 Å². The van der Waals surface area contributed by atoms with Gasteiger partial charge in [-0.05, 0) is 42.7 Å². The summed E-state index contributed by atoms with van der Waals surface area (Å²) in [5.74, 6) is 0. The molecule has 6 heteroatoms. The maximum atomic E-state index is 13.5. The quantitative estimate of drug-likeness (QED) is 0.474. The zero-order valence-corrected chi connectivity index (χ0v) is 19.2. The summed E-state index contributed by atoms with van der Waals surface area (Å²) in [4.78, 5) is 13.3. The molecule has 0 bridgehead atoms. The lowest BCUT2D eigenvalue weighted by atomic mass is 9.77. The Hall–Kier alpha value is -3.12. The molecule has 0 aliphatic rings. The Balaban J connectivity index is 2.02. The van der Waals surface area contributed by atoms with Gasteiger partial charge in [0.1, 0.15) is 5.52 Å². The minimum atomic E-state index is -3.92. The lowest BCUT2D eigenvalue weighted by molar-refractivity contribution is 0.588. The van der Waals surface area contributed by atoms with Crippen molar-refractivity contribution < 1.29 is 8.42 Å². The van der Waals surface area contributed by atoms with Crippen molar-refractivity contribution in [3.63, 3.8) is 0 Å². The highest BCUT2D eigenvalue weighted by molar-refractivity contribution is 7.90. The molecule has 5 nitrogen and oxygen atoms in total. The number of rotatable bonds is 4. The molecule has 2 aromatic carbocycles. The van der Waals surface area contributed by atoms with Gasteiger partial charge in [0, 0.05) is 30.2 Å². The molecule has 0 atom stereocenters.